The van der Waals surface area contributed by atoms with E-state index in [9.17, 15) is 17.6 Å². The maximum Gasteiger partial charge on any atom is 0.251 e. The molecule has 0 radical (unpaired) electrons. The van der Waals surface area contributed by atoms with Crippen molar-refractivity contribution in [3.63, 3.8) is 0 Å². The van der Waals surface area contributed by atoms with Gasteiger partial charge in [-0.2, -0.15) is 0 Å². The Hall–Kier alpha value is -1.47. The van der Waals surface area contributed by atoms with E-state index in [1.807, 2.05) is 20.8 Å². The number of benzene rings is 1. The smallest absolute Gasteiger partial charge is 0.251 e. The summed E-state index contributed by atoms with van der Waals surface area (Å²) in [5.74, 6) is -1.41. The summed E-state index contributed by atoms with van der Waals surface area (Å²) in [5, 5.41) is 7.83. The second-order valence-corrected chi connectivity index (χ2v) is 6.52. The van der Waals surface area contributed by atoms with E-state index in [-0.39, 0.29) is 11.1 Å². The summed E-state index contributed by atoms with van der Waals surface area (Å²) in [6.45, 7) is 5.90. The van der Waals surface area contributed by atoms with E-state index in [0.717, 1.165) is 31.4 Å². The number of hydrogen-bond donors (Lipinski definition) is 2. The first kappa shape index (κ1) is 17.6. The van der Waals surface area contributed by atoms with E-state index < -0.39 is 26.6 Å². The quantitative estimate of drug-likeness (QED) is 0.843. The number of sulfonamides is 1. The number of hydrogen-bond acceptors (Lipinski definition) is 3. The second kappa shape index (κ2) is 6.53. The molecule has 1 rings (SSSR count). The van der Waals surface area contributed by atoms with Gasteiger partial charge in [0.25, 0.3) is 5.91 Å². The topological polar surface area (TPSA) is 89.3 Å². The molecule has 1 aromatic carbocycles. The third-order valence-electron chi connectivity index (χ3n) is 3.91. The molecule has 1 amide bonds. The molecule has 0 saturated carbocycles. The summed E-state index contributed by atoms with van der Waals surface area (Å²) in [5.41, 5.74) is -0.284. The molecule has 0 atom stereocenters. The van der Waals surface area contributed by atoms with E-state index in [1.54, 1.807) is 0 Å². The molecule has 0 bridgehead atoms. The van der Waals surface area contributed by atoms with Gasteiger partial charge in [0.1, 0.15) is 10.7 Å². The first-order valence-corrected chi connectivity index (χ1v) is 8.38. The fourth-order valence-electron chi connectivity index (χ4n) is 2.19. The highest BCUT2D eigenvalue weighted by atomic mass is 32.2. The number of rotatable bonds is 6. The van der Waals surface area contributed by atoms with Crippen LogP contribution in [0.15, 0.2) is 23.1 Å². The van der Waals surface area contributed by atoms with Crippen LogP contribution in [0.1, 0.15) is 50.4 Å². The molecule has 0 aromatic heterocycles. The summed E-state index contributed by atoms with van der Waals surface area (Å²) < 4.78 is 36.1. The average Bonchev–Trinajstić information content (AvgIpc) is 2.44. The van der Waals surface area contributed by atoms with Crippen molar-refractivity contribution in [2.75, 3.05) is 0 Å². The summed E-state index contributed by atoms with van der Waals surface area (Å²) in [6.07, 6.45) is 2.24. The highest BCUT2D eigenvalue weighted by Gasteiger charge is 2.27. The van der Waals surface area contributed by atoms with E-state index in [4.69, 9.17) is 5.14 Å². The fraction of sp³-hybridized carbons (Fsp3) is 0.500. The number of amides is 1. The van der Waals surface area contributed by atoms with Gasteiger partial charge >= 0.3 is 0 Å². The second-order valence-electron chi connectivity index (χ2n) is 4.99. The molecule has 0 aliphatic rings. The lowest BCUT2D eigenvalue weighted by molar-refractivity contribution is 0.0888. The van der Waals surface area contributed by atoms with Gasteiger partial charge in [0.2, 0.25) is 10.0 Å². The molecule has 0 fully saturated rings. The molecule has 0 saturated heterocycles. The van der Waals surface area contributed by atoms with Gasteiger partial charge < -0.3 is 5.32 Å². The van der Waals surface area contributed by atoms with Crippen molar-refractivity contribution in [3.8, 4) is 0 Å². The van der Waals surface area contributed by atoms with Crippen LogP contribution in [0.5, 0.6) is 0 Å². The van der Waals surface area contributed by atoms with Gasteiger partial charge in [0.15, 0.2) is 0 Å². The molecule has 0 spiro atoms. The third-order valence-corrected chi connectivity index (χ3v) is 4.83. The number of carbonyl (C=O) groups is 1. The Morgan fingerprint density at radius 1 is 1.24 bits per heavy atom. The van der Waals surface area contributed by atoms with Crippen LogP contribution in [-0.2, 0) is 10.0 Å². The van der Waals surface area contributed by atoms with Crippen LogP contribution in [0, 0.1) is 5.82 Å². The Labute approximate surface area is 124 Å². The minimum Gasteiger partial charge on any atom is -0.347 e. The molecule has 0 heterocycles. The summed E-state index contributed by atoms with van der Waals surface area (Å²) >= 11 is 0. The van der Waals surface area contributed by atoms with E-state index in [2.05, 4.69) is 5.32 Å². The molecule has 21 heavy (non-hydrogen) atoms. The molecule has 5 nitrogen and oxygen atoms in total. The van der Waals surface area contributed by atoms with Crippen molar-refractivity contribution in [1.82, 2.24) is 5.32 Å². The predicted octanol–water partition coefficient (Wildman–Crippen LogP) is 2.17. The van der Waals surface area contributed by atoms with Crippen molar-refractivity contribution in [2.24, 2.45) is 5.14 Å². The number of primary sulfonamides is 1. The molecule has 0 aliphatic heterocycles. The molecule has 118 valence electrons. The van der Waals surface area contributed by atoms with E-state index >= 15 is 0 Å². The Kier molecular flexibility index (Phi) is 5.47. The van der Waals surface area contributed by atoms with Gasteiger partial charge in [-0.1, -0.05) is 20.8 Å². The highest BCUT2D eigenvalue weighted by Crippen LogP contribution is 2.21. The van der Waals surface area contributed by atoms with Gasteiger partial charge in [-0.15, -0.1) is 0 Å². The molecular formula is C14H21FN2O3S. The van der Waals surface area contributed by atoms with Crippen LogP contribution >= 0.6 is 0 Å². The number of nitrogens with one attached hydrogen (secondary N) is 1. The van der Waals surface area contributed by atoms with Crippen molar-refractivity contribution in [3.05, 3.63) is 29.6 Å². The lowest BCUT2D eigenvalue weighted by Crippen LogP contribution is -2.47. The van der Waals surface area contributed by atoms with Crippen molar-refractivity contribution in [2.45, 2.75) is 50.5 Å². The third kappa shape index (κ3) is 4.01. The monoisotopic (exact) mass is 316 g/mol. The van der Waals surface area contributed by atoms with Gasteiger partial charge in [-0.05, 0) is 37.5 Å². The molecule has 1 aromatic rings. The zero-order chi connectivity index (χ0) is 16.3. The normalized spacial score (nSPS) is 12.2. The van der Waals surface area contributed by atoms with Crippen LogP contribution < -0.4 is 10.5 Å². The zero-order valence-corrected chi connectivity index (χ0v) is 13.3. The lowest BCUT2D eigenvalue weighted by Gasteiger charge is -2.31. The highest BCUT2D eigenvalue weighted by molar-refractivity contribution is 7.89. The maximum absolute atomic E-state index is 13.5. The van der Waals surface area contributed by atoms with Crippen molar-refractivity contribution >= 4 is 15.9 Å². The van der Waals surface area contributed by atoms with Gasteiger partial charge in [-0.3, -0.25) is 4.79 Å². The fourth-order valence-corrected chi connectivity index (χ4v) is 2.82. The van der Waals surface area contributed by atoms with Crippen LogP contribution in [0.2, 0.25) is 0 Å². The summed E-state index contributed by atoms with van der Waals surface area (Å²) in [4.78, 5) is 11.6. The Morgan fingerprint density at radius 3 is 2.19 bits per heavy atom. The van der Waals surface area contributed by atoms with Crippen LogP contribution in [0.3, 0.4) is 0 Å². The van der Waals surface area contributed by atoms with Crippen LogP contribution in [-0.4, -0.2) is 19.9 Å². The Balaban J connectivity index is 3.15. The van der Waals surface area contributed by atoms with Crippen LogP contribution in [0.25, 0.3) is 0 Å². The first-order valence-electron chi connectivity index (χ1n) is 6.84. The minimum absolute atomic E-state index is 0.0696. The standard InChI is InChI=1S/C14H21FN2O3S/c1-4-14(5-2,6-3)17-13(18)10-7-8-11(15)12(9-10)21(16,19)20/h7-9H,4-6H2,1-3H3,(H,17,18)(H2,16,19,20). The number of carbonyl (C=O) groups excluding carboxylic acids is 1. The van der Waals surface area contributed by atoms with E-state index in [0.29, 0.717) is 0 Å². The van der Waals surface area contributed by atoms with Gasteiger partial charge in [0, 0.05) is 11.1 Å². The molecule has 0 unspecified atom stereocenters. The molecule has 7 heteroatoms. The number of nitrogens with two attached hydrogens (primary N) is 1. The zero-order valence-electron chi connectivity index (χ0n) is 12.4. The van der Waals surface area contributed by atoms with E-state index in [1.165, 1.54) is 6.07 Å². The molecule has 0 aliphatic carbocycles. The average molecular weight is 316 g/mol. The minimum atomic E-state index is -4.20. The van der Waals surface area contributed by atoms with Crippen molar-refractivity contribution in [1.29, 1.82) is 0 Å². The van der Waals surface area contributed by atoms with Gasteiger partial charge in [0.05, 0.1) is 0 Å². The number of halogens is 1. The summed E-state index contributed by atoms with van der Waals surface area (Å²) in [6, 6.07) is 3.14. The molecule has 3 N–H and O–H groups in total. The Bertz CT molecular complexity index is 617. The maximum atomic E-state index is 13.5. The van der Waals surface area contributed by atoms with Crippen LogP contribution in [0.4, 0.5) is 4.39 Å². The first-order chi connectivity index (χ1) is 9.69. The van der Waals surface area contributed by atoms with Crippen molar-refractivity contribution < 1.29 is 17.6 Å². The SMILES string of the molecule is CCC(CC)(CC)NC(=O)c1ccc(F)c(S(N)(=O)=O)c1. The van der Waals surface area contributed by atoms with Gasteiger partial charge in [-0.25, -0.2) is 17.9 Å². The Morgan fingerprint density at radius 2 is 1.76 bits per heavy atom. The largest absolute Gasteiger partial charge is 0.347 e. The predicted molar refractivity (Wildman–Crippen MR) is 78.8 cm³/mol. The summed E-state index contributed by atoms with van der Waals surface area (Å²) in [7, 11) is -4.20. The molecular weight excluding hydrogens is 295 g/mol. The lowest BCUT2D eigenvalue weighted by atomic mass is 9.89.